The Balaban J connectivity index is 1.64. The van der Waals surface area contributed by atoms with E-state index in [4.69, 9.17) is 20.8 Å². The summed E-state index contributed by atoms with van der Waals surface area (Å²) in [7, 11) is 0. The van der Waals surface area contributed by atoms with Gasteiger partial charge in [0.25, 0.3) is 0 Å². The zero-order valence-corrected chi connectivity index (χ0v) is 15.1. The van der Waals surface area contributed by atoms with Gasteiger partial charge in [0.1, 0.15) is 12.3 Å². The van der Waals surface area contributed by atoms with Crippen LogP contribution in [-0.2, 0) is 20.9 Å². The fourth-order valence-corrected chi connectivity index (χ4v) is 3.32. The normalized spacial score (nSPS) is 19.8. The molecule has 1 aliphatic carbocycles. The van der Waals surface area contributed by atoms with Crippen LogP contribution in [0.25, 0.3) is 0 Å². The van der Waals surface area contributed by atoms with Crippen LogP contribution in [0.2, 0.25) is 0 Å². The zero-order valence-electron chi connectivity index (χ0n) is 14.4. The van der Waals surface area contributed by atoms with E-state index >= 15 is 0 Å². The van der Waals surface area contributed by atoms with Crippen LogP contribution in [0.3, 0.4) is 0 Å². The maximum atomic E-state index is 12.9. The van der Waals surface area contributed by atoms with Crippen LogP contribution in [0.4, 0.5) is 0 Å². The van der Waals surface area contributed by atoms with E-state index in [2.05, 4.69) is 0 Å². The highest BCUT2D eigenvalue weighted by Crippen LogP contribution is 2.27. The van der Waals surface area contributed by atoms with E-state index in [1.807, 2.05) is 12.1 Å². The molecule has 0 spiro atoms. The van der Waals surface area contributed by atoms with Crippen molar-refractivity contribution < 1.29 is 18.7 Å². The van der Waals surface area contributed by atoms with Gasteiger partial charge in [0.15, 0.2) is 0 Å². The minimum absolute atomic E-state index is 0.0408. The number of hydrogen-bond acceptors (Lipinski definition) is 4. The van der Waals surface area contributed by atoms with Crippen LogP contribution < -0.4 is 0 Å². The van der Waals surface area contributed by atoms with Gasteiger partial charge < -0.3 is 19.0 Å². The third-order valence-corrected chi connectivity index (χ3v) is 4.84. The molecule has 1 saturated heterocycles. The minimum atomic E-state index is -0.0678. The van der Waals surface area contributed by atoms with Crippen LogP contribution in [0, 0.1) is 0 Å². The third kappa shape index (κ3) is 5.22. The first kappa shape index (κ1) is 18.3. The zero-order chi connectivity index (χ0) is 17.6. The molecule has 7 heteroatoms. The summed E-state index contributed by atoms with van der Waals surface area (Å²) in [6, 6.07) is 3.85. The molecule has 1 saturated carbocycles. The van der Waals surface area contributed by atoms with Gasteiger partial charge in [-0.3, -0.25) is 9.59 Å². The Kier molecular flexibility index (Phi) is 6.37. The van der Waals surface area contributed by atoms with Crippen molar-refractivity contribution in [2.24, 2.45) is 0 Å². The molecule has 0 bridgehead atoms. The molecular formula is C18H25ClN2O4. The maximum absolute atomic E-state index is 12.9. The van der Waals surface area contributed by atoms with Gasteiger partial charge in [-0.05, 0) is 37.8 Å². The SMILES string of the molecule is O=C(CN(C(=O)CCCl)C1CC1)N(Cc1ccco1)CC1CCCO1. The molecule has 1 aromatic heterocycles. The van der Waals surface area contributed by atoms with Crippen molar-refractivity contribution in [3.63, 3.8) is 0 Å². The number of carbonyl (C=O) groups is 2. The van der Waals surface area contributed by atoms with Crippen LogP contribution >= 0.6 is 11.6 Å². The minimum Gasteiger partial charge on any atom is -0.467 e. The second-order valence-electron chi connectivity index (χ2n) is 6.68. The average molecular weight is 369 g/mol. The first-order valence-electron chi connectivity index (χ1n) is 8.94. The summed E-state index contributed by atoms with van der Waals surface area (Å²) in [5.41, 5.74) is 0. The van der Waals surface area contributed by atoms with Crippen LogP contribution in [0.1, 0.15) is 37.9 Å². The summed E-state index contributed by atoms with van der Waals surface area (Å²) < 4.78 is 11.1. The number of ether oxygens (including phenoxy) is 1. The van der Waals surface area contributed by atoms with Crippen LogP contribution in [0.15, 0.2) is 22.8 Å². The number of hydrogen-bond donors (Lipinski definition) is 0. The second-order valence-corrected chi connectivity index (χ2v) is 7.06. The smallest absolute Gasteiger partial charge is 0.242 e. The van der Waals surface area contributed by atoms with Crippen molar-refractivity contribution in [1.82, 2.24) is 9.80 Å². The lowest BCUT2D eigenvalue weighted by atomic mass is 10.2. The molecule has 0 N–H and O–H groups in total. The molecule has 0 radical (unpaired) electrons. The lowest BCUT2D eigenvalue weighted by Crippen LogP contribution is -2.45. The molecule has 3 rings (SSSR count). The van der Waals surface area contributed by atoms with Gasteiger partial charge in [-0.15, -0.1) is 11.6 Å². The maximum Gasteiger partial charge on any atom is 0.242 e. The van der Waals surface area contributed by atoms with E-state index in [0.717, 1.165) is 38.1 Å². The molecule has 1 aliphatic heterocycles. The first-order valence-corrected chi connectivity index (χ1v) is 9.48. The number of alkyl halides is 1. The molecule has 25 heavy (non-hydrogen) atoms. The first-order chi connectivity index (χ1) is 12.2. The molecule has 1 aromatic rings. The van der Waals surface area contributed by atoms with E-state index in [1.165, 1.54) is 0 Å². The van der Waals surface area contributed by atoms with Gasteiger partial charge in [-0.25, -0.2) is 0 Å². The Morgan fingerprint density at radius 3 is 2.68 bits per heavy atom. The van der Waals surface area contributed by atoms with Crippen LogP contribution in [0.5, 0.6) is 0 Å². The predicted molar refractivity (Wildman–Crippen MR) is 93.2 cm³/mol. The molecule has 138 valence electrons. The summed E-state index contributed by atoms with van der Waals surface area (Å²) in [5, 5.41) is 0. The fraction of sp³-hybridized carbons (Fsp3) is 0.667. The second kappa shape index (κ2) is 8.72. The lowest BCUT2D eigenvalue weighted by molar-refractivity contribution is -0.142. The number of amides is 2. The Morgan fingerprint density at radius 1 is 1.24 bits per heavy atom. The summed E-state index contributed by atoms with van der Waals surface area (Å²) >= 11 is 5.70. The number of furan rings is 1. The number of carbonyl (C=O) groups excluding carboxylic acids is 2. The van der Waals surface area contributed by atoms with Gasteiger partial charge in [0, 0.05) is 31.5 Å². The standard InChI is InChI=1S/C18H25ClN2O4/c19-8-7-17(22)21(14-5-6-14)13-18(23)20(11-15-3-1-9-24-15)12-16-4-2-10-25-16/h1,3,9,14,16H,2,4-8,10-13H2. The van der Waals surface area contributed by atoms with Crippen molar-refractivity contribution in [1.29, 1.82) is 0 Å². The van der Waals surface area contributed by atoms with Crippen LogP contribution in [-0.4, -0.2) is 59.3 Å². The summed E-state index contributed by atoms with van der Waals surface area (Å²) in [6.45, 7) is 1.78. The molecule has 2 amide bonds. The molecule has 2 fully saturated rings. The fourth-order valence-electron chi connectivity index (χ4n) is 3.16. The Morgan fingerprint density at radius 2 is 2.08 bits per heavy atom. The van der Waals surface area contributed by atoms with Gasteiger partial charge in [0.05, 0.1) is 18.9 Å². The van der Waals surface area contributed by atoms with E-state index in [-0.39, 0.29) is 42.8 Å². The summed E-state index contributed by atoms with van der Waals surface area (Å²) in [6.07, 6.45) is 5.85. The molecule has 0 aromatic carbocycles. The lowest BCUT2D eigenvalue weighted by Gasteiger charge is -2.28. The number of halogens is 1. The number of nitrogens with zero attached hydrogens (tertiary/aromatic N) is 2. The number of rotatable bonds is 9. The molecule has 6 nitrogen and oxygen atoms in total. The Bertz CT molecular complexity index is 568. The van der Waals surface area contributed by atoms with Gasteiger partial charge in [0.2, 0.25) is 11.8 Å². The van der Waals surface area contributed by atoms with E-state index in [0.29, 0.717) is 13.1 Å². The Labute approximate surface area is 153 Å². The molecule has 2 heterocycles. The molecule has 1 unspecified atom stereocenters. The van der Waals surface area contributed by atoms with Crippen molar-refractivity contribution >= 4 is 23.4 Å². The van der Waals surface area contributed by atoms with Crippen molar-refractivity contribution in [2.45, 2.75) is 50.8 Å². The Hall–Kier alpha value is -1.53. The molecule has 2 aliphatic rings. The highest BCUT2D eigenvalue weighted by molar-refractivity contribution is 6.18. The van der Waals surface area contributed by atoms with E-state index in [9.17, 15) is 9.59 Å². The highest BCUT2D eigenvalue weighted by atomic mass is 35.5. The highest BCUT2D eigenvalue weighted by Gasteiger charge is 2.35. The van der Waals surface area contributed by atoms with Crippen molar-refractivity contribution in [3.8, 4) is 0 Å². The topological polar surface area (TPSA) is 63.0 Å². The van der Waals surface area contributed by atoms with Gasteiger partial charge >= 0.3 is 0 Å². The summed E-state index contributed by atoms with van der Waals surface area (Å²) in [4.78, 5) is 28.6. The van der Waals surface area contributed by atoms with Gasteiger partial charge in [-0.1, -0.05) is 0 Å². The quantitative estimate of drug-likeness (QED) is 0.628. The largest absolute Gasteiger partial charge is 0.467 e. The third-order valence-electron chi connectivity index (χ3n) is 4.65. The molecular weight excluding hydrogens is 344 g/mol. The average Bonchev–Trinajstić information content (AvgIpc) is 3.07. The molecule has 1 atom stereocenters. The predicted octanol–water partition coefficient (Wildman–Crippen LogP) is 2.41. The monoisotopic (exact) mass is 368 g/mol. The summed E-state index contributed by atoms with van der Waals surface area (Å²) in [5.74, 6) is 0.904. The van der Waals surface area contributed by atoms with E-state index < -0.39 is 0 Å². The van der Waals surface area contributed by atoms with Crippen molar-refractivity contribution in [3.05, 3.63) is 24.2 Å². The van der Waals surface area contributed by atoms with Gasteiger partial charge in [-0.2, -0.15) is 0 Å². The van der Waals surface area contributed by atoms with E-state index in [1.54, 1.807) is 16.1 Å². The van der Waals surface area contributed by atoms with Crippen molar-refractivity contribution in [2.75, 3.05) is 25.6 Å².